The molecule has 0 atom stereocenters. The fourth-order valence-corrected chi connectivity index (χ4v) is 5.96. The van der Waals surface area contributed by atoms with Gasteiger partial charge in [0.05, 0.1) is 12.2 Å². The molecule has 4 heterocycles. The number of hydrogen-bond donors (Lipinski definition) is 1. The van der Waals surface area contributed by atoms with Crippen LogP contribution in [0.5, 0.6) is 11.8 Å². The van der Waals surface area contributed by atoms with Crippen molar-refractivity contribution in [3.8, 4) is 11.8 Å². The number of amides is 1. The van der Waals surface area contributed by atoms with Gasteiger partial charge in [0, 0.05) is 68.5 Å². The smallest absolute Gasteiger partial charge is 0.320 e. The normalized spacial score (nSPS) is 18.2. The fourth-order valence-electron chi connectivity index (χ4n) is 5.96. The quantitative estimate of drug-likeness (QED) is 0.487. The molecular weight excluding hydrogens is 492 g/mol. The predicted octanol–water partition coefficient (Wildman–Crippen LogP) is 3.55. The van der Waals surface area contributed by atoms with Gasteiger partial charge in [-0.3, -0.25) is 9.69 Å². The van der Waals surface area contributed by atoms with E-state index in [2.05, 4.69) is 27.3 Å². The van der Waals surface area contributed by atoms with E-state index < -0.39 is 0 Å². The molecule has 2 saturated heterocycles. The average Bonchev–Trinajstić information content (AvgIpc) is 2.99. The molecule has 0 aliphatic carbocycles. The van der Waals surface area contributed by atoms with Crippen LogP contribution in [-0.4, -0.2) is 83.3 Å². The van der Waals surface area contributed by atoms with E-state index in [1.54, 1.807) is 6.07 Å². The molecule has 3 aliphatic rings. The minimum Gasteiger partial charge on any atom is -0.508 e. The number of phenolic OH excluding ortho intramolecular Hbond substituents is 1. The summed E-state index contributed by atoms with van der Waals surface area (Å²) in [5.74, 6) is 1.15. The Bertz CT molecular complexity index is 1360. The molecule has 1 aromatic heterocycles. The maximum Gasteiger partial charge on any atom is 0.320 e. The number of likely N-dealkylation sites (tertiary alicyclic amines) is 1. The zero-order chi connectivity index (χ0) is 26.8. The number of benzene rings is 2. The summed E-state index contributed by atoms with van der Waals surface area (Å²) in [5, 5.41) is 12.6. The van der Waals surface area contributed by atoms with Crippen LogP contribution in [0.25, 0.3) is 10.8 Å². The Labute approximate surface area is 229 Å². The molecule has 1 amide bonds. The molecule has 0 unspecified atom stereocenters. The lowest BCUT2D eigenvalue weighted by Gasteiger charge is -2.38. The second-order valence-electron chi connectivity index (χ2n) is 10.6. The molecule has 204 valence electrons. The molecule has 9 heteroatoms. The van der Waals surface area contributed by atoms with Crippen LogP contribution in [0.1, 0.15) is 30.5 Å². The van der Waals surface area contributed by atoms with Crippen molar-refractivity contribution in [1.29, 1.82) is 0 Å². The molecule has 3 aliphatic heterocycles. The number of carbonyl (C=O) groups is 1. The summed E-state index contributed by atoms with van der Waals surface area (Å²) in [6.45, 7) is 10.3. The van der Waals surface area contributed by atoms with Gasteiger partial charge in [-0.2, -0.15) is 9.97 Å². The predicted molar refractivity (Wildman–Crippen MR) is 152 cm³/mol. The third-order valence-corrected chi connectivity index (χ3v) is 8.08. The lowest BCUT2D eigenvalue weighted by Crippen LogP contribution is -2.49. The first-order chi connectivity index (χ1) is 19.1. The number of piperidine rings is 1. The third kappa shape index (κ3) is 5.36. The van der Waals surface area contributed by atoms with E-state index in [0.717, 1.165) is 59.6 Å². The van der Waals surface area contributed by atoms with Gasteiger partial charge in [-0.1, -0.05) is 37.3 Å². The Morgan fingerprint density at radius 3 is 2.56 bits per heavy atom. The first-order valence-electron chi connectivity index (χ1n) is 14.0. The highest BCUT2D eigenvalue weighted by atomic mass is 16.5. The molecule has 0 spiro atoms. The summed E-state index contributed by atoms with van der Waals surface area (Å²) in [6.07, 6.45) is 5.83. The van der Waals surface area contributed by atoms with Gasteiger partial charge in [-0.05, 0) is 36.8 Å². The van der Waals surface area contributed by atoms with Gasteiger partial charge < -0.3 is 24.5 Å². The number of phenols is 1. The number of carbonyl (C=O) groups excluding carboxylic acids is 1. The van der Waals surface area contributed by atoms with Gasteiger partial charge >= 0.3 is 6.01 Å². The van der Waals surface area contributed by atoms with Crippen molar-refractivity contribution >= 4 is 28.2 Å². The summed E-state index contributed by atoms with van der Waals surface area (Å²) in [6, 6.07) is 12.2. The second-order valence-corrected chi connectivity index (χ2v) is 10.6. The highest BCUT2D eigenvalue weighted by Crippen LogP contribution is 2.36. The average molecular weight is 529 g/mol. The van der Waals surface area contributed by atoms with Crippen molar-refractivity contribution in [3.05, 3.63) is 60.3 Å². The van der Waals surface area contributed by atoms with Crippen LogP contribution in [0.4, 0.5) is 11.5 Å². The van der Waals surface area contributed by atoms with Gasteiger partial charge in [0.1, 0.15) is 18.3 Å². The molecule has 9 nitrogen and oxygen atoms in total. The van der Waals surface area contributed by atoms with E-state index in [1.807, 2.05) is 29.2 Å². The number of rotatable bonds is 6. The zero-order valence-electron chi connectivity index (χ0n) is 22.4. The van der Waals surface area contributed by atoms with Gasteiger partial charge in [-0.25, -0.2) is 0 Å². The van der Waals surface area contributed by atoms with Gasteiger partial charge in [-0.15, -0.1) is 0 Å². The number of fused-ring (bicyclic) bond motifs is 2. The lowest BCUT2D eigenvalue weighted by atomic mass is 10.0. The largest absolute Gasteiger partial charge is 0.508 e. The van der Waals surface area contributed by atoms with Crippen LogP contribution in [0.3, 0.4) is 0 Å². The Kier molecular flexibility index (Phi) is 7.24. The Morgan fingerprint density at radius 2 is 1.77 bits per heavy atom. The number of aromatic nitrogens is 2. The van der Waals surface area contributed by atoms with Crippen LogP contribution in [0, 0.1) is 0 Å². The summed E-state index contributed by atoms with van der Waals surface area (Å²) in [4.78, 5) is 30.7. The molecule has 6 rings (SSSR count). The first kappa shape index (κ1) is 25.4. The van der Waals surface area contributed by atoms with Crippen molar-refractivity contribution in [2.24, 2.45) is 0 Å². The number of aromatic hydroxyl groups is 1. The summed E-state index contributed by atoms with van der Waals surface area (Å²) in [5.41, 5.74) is 3.10. The van der Waals surface area contributed by atoms with Crippen LogP contribution in [0.15, 0.2) is 49.1 Å². The second kappa shape index (κ2) is 11.1. The number of hydrogen-bond acceptors (Lipinski definition) is 8. The number of anilines is 2. The summed E-state index contributed by atoms with van der Waals surface area (Å²) < 4.78 is 6.19. The molecule has 0 bridgehead atoms. The molecule has 0 radical (unpaired) electrons. The molecular formula is C30H36N6O3. The fraction of sp³-hybridized carbons (Fsp3) is 0.433. The van der Waals surface area contributed by atoms with E-state index in [4.69, 9.17) is 14.7 Å². The SMILES string of the molecule is C=CC(=O)N1CCN(c2nc(OCN3CCCCC3)nc3c2CCN(c2cc(O)cc4ccccc24)C3)CC1. The minimum atomic E-state index is -0.0288. The summed E-state index contributed by atoms with van der Waals surface area (Å²) >= 11 is 0. The monoisotopic (exact) mass is 528 g/mol. The van der Waals surface area contributed by atoms with Gasteiger partial charge in [0.25, 0.3) is 0 Å². The number of ether oxygens (including phenoxy) is 1. The Balaban J connectivity index is 1.30. The standard InChI is InChI=1S/C30H36N6O3/c1-2-28(38)34-14-16-35(17-15-34)29-25-10-13-36(27-19-23(37)18-22-8-4-5-9-24(22)27)20-26(25)31-30(32-29)39-21-33-11-6-3-7-12-33/h2,4-5,8-9,18-19,37H,1,3,6-7,10-17,20-21H2. The van der Waals surface area contributed by atoms with Crippen LogP contribution in [-0.2, 0) is 17.8 Å². The van der Waals surface area contributed by atoms with Crippen LogP contribution >= 0.6 is 0 Å². The molecule has 1 N–H and O–H groups in total. The molecule has 2 aromatic carbocycles. The number of piperazine rings is 1. The maximum absolute atomic E-state index is 12.1. The Morgan fingerprint density at radius 1 is 0.974 bits per heavy atom. The lowest BCUT2D eigenvalue weighted by molar-refractivity contribution is -0.126. The number of nitrogens with zero attached hydrogens (tertiary/aromatic N) is 6. The molecule has 39 heavy (non-hydrogen) atoms. The van der Waals surface area contributed by atoms with E-state index in [0.29, 0.717) is 45.5 Å². The molecule has 3 aromatic rings. The van der Waals surface area contributed by atoms with E-state index in [-0.39, 0.29) is 11.7 Å². The van der Waals surface area contributed by atoms with Crippen LogP contribution in [0.2, 0.25) is 0 Å². The van der Waals surface area contributed by atoms with Crippen molar-refractivity contribution in [2.45, 2.75) is 32.2 Å². The van der Waals surface area contributed by atoms with Crippen molar-refractivity contribution in [3.63, 3.8) is 0 Å². The Hall–Kier alpha value is -3.85. The van der Waals surface area contributed by atoms with Crippen molar-refractivity contribution in [1.82, 2.24) is 19.8 Å². The third-order valence-electron chi connectivity index (χ3n) is 8.08. The van der Waals surface area contributed by atoms with E-state index in [1.165, 1.54) is 25.3 Å². The maximum atomic E-state index is 12.1. The zero-order valence-corrected chi connectivity index (χ0v) is 22.4. The van der Waals surface area contributed by atoms with Gasteiger partial charge in [0.2, 0.25) is 5.91 Å². The van der Waals surface area contributed by atoms with Crippen molar-refractivity contribution in [2.75, 3.05) is 62.3 Å². The first-order valence-corrected chi connectivity index (χ1v) is 14.0. The van der Waals surface area contributed by atoms with Gasteiger partial charge in [0.15, 0.2) is 0 Å². The highest BCUT2D eigenvalue weighted by molar-refractivity contribution is 5.95. The highest BCUT2D eigenvalue weighted by Gasteiger charge is 2.29. The minimum absolute atomic E-state index is 0.0288. The summed E-state index contributed by atoms with van der Waals surface area (Å²) in [7, 11) is 0. The van der Waals surface area contributed by atoms with E-state index in [9.17, 15) is 9.90 Å². The molecule has 0 saturated carbocycles. The molecule has 2 fully saturated rings. The van der Waals surface area contributed by atoms with E-state index >= 15 is 0 Å². The topological polar surface area (TPSA) is 85.3 Å². The van der Waals surface area contributed by atoms with Crippen molar-refractivity contribution < 1.29 is 14.6 Å². The van der Waals surface area contributed by atoms with Crippen LogP contribution < -0.4 is 14.5 Å².